The molecular weight excluding hydrogens is 289 g/mol. The van der Waals surface area contributed by atoms with Crippen molar-refractivity contribution in [2.75, 3.05) is 5.32 Å². The van der Waals surface area contributed by atoms with Gasteiger partial charge in [0, 0.05) is 11.7 Å². The summed E-state index contributed by atoms with van der Waals surface area (Å²) in [5.74, 6) is 0. The number of anilines is 1. The van der Waals surface area contributed by atoms with E-state index in [4.69, 9.17) is 23.2 Å². The van der Waals surface area contributed by atoms with Crippen LogP contribution in [0, 0.1) is 0 Å². The third-order valence-electron chi connectivity index (χ3n) is 3.35. The van der Waals surface area contributed by atoms with Crippen LogP contribution in [0.25, 0.3) is 0 Å². The zero-order valence-corrected chi connectivity index (χ0v) is 13.3. The third kappa shape index (κ3) is 3.68. The lowest BCUT2D eigenvalue weighted by Crippen LogP contribution is -2.08. The number of halogens is 2. The van der Waals surface area contributed by atoms with Crippen molar-refractivity contribution >= 4 is 28.9 Å². The first-order valence-corrected chi connectivity index (χ1v) is 7.66. The van der Waals surface area contributed by atoms with Crippen LogP contribution in [0.3, 0.4) is 0 Å². The van der Waals surface area contributed by atoms with Crippen molar-refractivity contribution in [2.24, 2.45) is 0 Å². The quantitative estimate of drug-likeness (QED) is 0.701. The van der Waals surface area contributed by atoms with Gasteiger partial charge in [-0.3, -0.25) is 0 Å². The molecule has 0 fully saturated rings. The van der Waals surface area contributed by atoms with Gasteiger partial charge in [-0.25, -0.2) is 0 Å². The van der Waals surface area contributed by atoms with Gasteiger partial charge in [0.15, 0.2) is 0 Å². The number of hydrogen-bond donors (Lipinski definition) is 1. The summed E-state index contributed by atoms with van der Waals surface area (Å²) in [5, 5.41) is 4.75. The fourth-order valence-corrected chi connectivity index (χ4v) is 2.55. The molecule has 1 nitrogen and oxygen atoms in total. The standard InChI is InChI=1S/C17H19Cl2N/c1-3-6-13-7-4-5-8-17(13)20-12(2)14-9-10-15(18)16(19)11-14/h4-5,7-12,20H,3,6H2,1-2H3. The third-order valence-corrected chi connectivity index (χ3v) is 4.09. The second-order valence-electron chi connectivity index (χ2n) is 4.95. The van der Waals surface area contributed by atoms with Gasteiger partial charge in [-0.1, -0.05) is 60.8 Å². The van der Waals surface area contributed by atoms with Crippen molar-refractivity contribution in [2.45, 2.75) is 32.7 Å². The minimum atomic E-state index is 0.183. The highest BCUT2D eigenvalue weighted by atomic mass is 35.5. The molecule has 1 unspecified atom stereocenters. The molecule has 2 aromatic rings. The highest BCUT2D eigenvalue weighted by Gasteiger charge is 2.09. The van der Waals surface area contributed by atoms with Crippen LogP contribution in [0.1, 0.15) is 37.4 Å². The normalized spacial score (nSPS) is 12.2. The molecule has 0 saturated heterocycles. The molecule has 0 bridgehead atoms. The van der Waals surface area contributed by atoms with Gasteiger partial charge in [0.25, 0.3) is 0 Å². The molecule has 0 aliphatic heterocycles. The first kappa shape index (κ1) is 15.2. The lowest BCUT2D eigenvalue weighted by atomic mass is 10.0. The van der Waals surface area contributed by atoms with Gasteiger partial charge >= 0.3 is 0 Å². The number of nitrogens with one attached hydrogen (secondary N) is 1. The Morgan fingerprint density at radius 1 is 1.05 bits per heavy atom. The minimum absolute atomic E-state index is 0.183. The van der Waals surface area contributed by atoms with Gasteiger partial charge in [-0.05, 0) is 42.7 Å². The molecule has 0 amide bonds. The van der Waals surface area contributed by atoms with Crippen LogP contribution in [0.4, 0.5) is 5.69 Å². The first-order valence-electron chi connectivity index (χ1n) is 6.91. The van der Waals surface area contributed by atoms with Gasteiger partial charge < -0.3 is 5.32 Å². The van der Waals surface area contributed by atoms with E-state index in [0.717, 1.165) is 18.4 Å². The molecule has 2 rings (SSSR count). The molecule has 0 heterocycles. The molecule has 3 heteroatoms. The molecule has 20 heavy (non-hydrogen) atoms. The molecule has 0 aliphatic rings. The van der Waals surface area contributed by atoms with Crippen molar-refractivity contribution in [1.29, 1.82) is 0 Å². The zero-order valence-electron chi connectivity index (χ0n) is 11.8. The molecule has 1 N–H and O–H groups in total. The summed E-state index contributed by atoms with van der Waals surface area (Å²) < 4.78 is 0. The average molecular weight is 308 g/mol. The highest BCUT2D eigenvalue weighted by molar-refractivity contribution is 6.42. The van der Waals surface area contributed by atoms with E-state index in [0.29, 0.717) is 10.0 Å². The van der Waals surface area contributed by atoms with E-state index in [-0.39, 0.29) is 6.04 Å². The van der Waals surface area contributed by atoms with Crippen LogP contribution in [0.2, 0.25) is 10.0 Å². The van der Waals surface area contributed by atoms with Crippen molar-refractivity contribution in [3.05, 3.63) is 63.6 Å². The van der Waals surface area contributed by atoms with Crippen LogP contribution in [0.5, 0.6) is 0 Å². The van der Waals surface area contributed by atoms with E-state index in [1.807, 2.05) is 18.2 Å². The Balaban J connectivity index is 2.18. The van der Waals surface area contributed by atoms with Crippen LogP contribution >= 0.6 is 23.2 Å². The summed E-state index contributed by atoms with van der Waals surface area (Å²) >= 11 is 12.0. The average Bonchev–Trinajstić information content (AvgIpc) is 2.44. The molecule has 0 spiro atoms. The maximum atomic E-state index is 6.08. The smallest absolute Gasteiger partial charge is 0.0595 e. The largest absolute Gasteiger partial charge is 0.378 e. The van der Waals surface area contributed by atoms with E-state index >= 15 is 0 Å². The molecule has 0 aliphatic carbocycles. The van der Waals surface area contributed by atoms with Crippen LogP contribution in [0.15, 0.2) is 42.5 Å². The molecule has 0 saturated carbocycles. The van der Waals surface area contributed by atoms with Gasteiger partial charge in [0.05, 0.1) is 10.0 Å². The Morgan fingerprint density at radius 3 is 2.50 bits per heavy atom. The summed E-state index contributed by atoms with van der Waals surface area (Å²) in [7, 11) is 0. The van der Waals surface area contributed by atoms with Crippen molar-refractivity contribution in [3.8, 4) is 0 Å². The van der Waals surface area contributed by atoms with Crippen molar-refractivity contribution in [1.82, 2.24) is 0 Å². The second kappa shape index (κ2) is 7.01. The topological polar surface area (TPSA) is 12.0 Å². The van der Waals surface area contributed by atoms with Gasteiger partial charge in [-0.2, -0.15) is 0 Å². The van der Waals surface area contributed by atoms with Crippen LogP contribution < -0.4 is 5.32 Å². The highest BCUT2D eigenvalue weighted by Crippen LogP contribution is 2.28. The number of hydrogen-bond acceptors (Lipinski definition) is 1. The molecular formula is C17H19Cl2N. The molecule has 106 valence electrons. The van der Waals surface area contributed by atoms with Crippen molar-refractivity contribution in [3.63, 3.8) is 0 Å². The number of benzene rings is 2. The summed E-state index contributed by atoms with van der Waals surface area (Å²) in [6.07, 6.45) is 2.22. The van der Waals surface area contributed by atoms with E-state index < -0.39 is 0 Å². The molecule has 2 aromatic carbocycles. The molecule has 0 aromatic heterocycles. The minimum Gasteiger partial charge on any atom is -0.378 e. The molecule has 0 radical (unpaired) electrons. The maximum absolute atomic E-state index is 6.08. The Hall–Kier alpha value is -1.18. The van der Waals surface area contributed by atoms with E-state index in [1.54, 1.807) is 0 Å². The summed E-state index contributed by atoms with van der Waals surface area (Å²) in [5.41, 5.74) is 3.67. The number of para-hydroxylation sites is 1. The predicted octanol–water partition coefficient (Wildman–Crippen LogP) is 6.12. The lowest BCUT2D eigenvalue weighted by Gasteiger charge is -2.19. The SMILES string of the molecule is CCCc1ccccc1NC(C)c1ccc(Cl)c(Cl)c1. The number of rotatable bonds is 5. The van der Waals surface area contributed by atoms with Gasteiger partial charge in [-0.15, -0.1) is 0 Å². The van der Waals surface area contributed by atoms with Gasteiger partial charge in [0.2, 0.25) is 0 Å². The van der Waals surface area contributed by atoms with Gasteiger partial charge in [0.1, 0.15) is 0 Å². The Labute approximate surface area is 130 Å². The lowest BCUT2D eigenvalue weighted by molar-refractivity contribution is 0.867. The van der Waals surface area contributed by atoms with E-state index in [1.165, 1.54) is 11.3 Å². The fraction of sp³-hybridized carbons (Fsp3) is 0.294. The zero-order chi connectivity index (χ0) is 14.5. The Morgan fingerprint density at radius 2 is 1.80 bits per heavy atom. The number of aryl methyl sites for hydroxylation is 1. The van der Waals surface area contributed by atoms with Crippen LogP contribution in [-0.4, -0.2) is 0 Å². The maximum Gasteiger partial charge on any atom is 0.0595 e. The molecule has 1 atom stereocenters. The summed E-state index contributed by atoms with van der Waals surface area (Å²) in [6, 6.07) is 14.4. The monoisotopic (exact) mass is 307 g/mol. The summed E-state index contributed by atoms with van der Waals surface area (Å²) in [6.45, 7) is 4.32. The van der Waals surface area contributed by atoms with E-state index in [9.17, 15) is 0 Å². The van der Waals surface area contributed by atoms with Crippen molar-refractivity contribution < 1.29 is 0 Å². The fourth-order valence-electron chi connectivity index (χ4n) is 2.25. The predicted molar refractivity (Wildman–Crippen MR) is 88.9 cm³/mol. The first-order chi connectivity index (χ1) is 9.61. The Kier molecular flexibility index (Phi) is 5.33. The second-order valence-corrected chi connectivity index (χ2v) is 5.76. The van der Waals surface area contributed by atoms with E-state index in [2.05, 4.69) is 43.4 Å². The van der Waals surface area contributed by atoms with Crippen LogP contribution in [-0.2, 0) is 6.42 Å². The summed E-state index contributed by atoms with van der Waals surface area (Å²) in [4.78, 5) is 0. The Bertz CT molecular complexity index is 581.